The van der Waals surface area contributed by atoms with E-state index in [1.165, 1.54) is 23.4 Å². The van der Waals surface area contributed by atoms with E-state index in [9.17, 15) is 14.3 Å². The van der Waals surface area contributed by atoms with E-state index in [1.807, 2.05) is 12.1 Å². The Labute approximate surface area is 140 Å². The third-order valence-corrected chi connectivity index (χ3v) is 4.19. The predicted octanol–water partition coefficient (Wildman–Crippen LogP) is 1.37. The molecule has 0 bridgehead atoms. The third kappa shape index (κ3) is 3.96. The van der Waals surface area contributed by atoms with Crippen LogP contribution in [0.3, 0.4) is 0 Å². The molecule has 3 rings (SSSR count). The number of fused-ring (bicyclic) bond motifs is 1. The lowest BCUT2D eigenvalue weighted by atomic mass is 10.00. The number of aliphatic hydroxyl groups is 1. The summed E-state index contributed by atoms with van der Waals surface area (Å²) in [4.78, 5) is 17.7. The van der Waals surface area contributed by atoms with E-state index >= 15 is 0 Å². The molecular formula is C18H20FN3O2. The average molecular weight is 329 g/mol. The van der Waals surface area contributed by atoms with Crippen molar-refractivity contribution in [2.75, 3.05) is 19.6 Å². The average Bonchev–Trinajstić information content (AvgIpc) is 2.60. The number of aliphatic hydroxyl groups excluding tert-OH is 1. The Hall–Kier alpha value is -2.31. The summed E-state index contributed by atoms with van der Waals surface area (Å²) in [6.45, 7) is 2.22. The second-order valence-electron chi connectivity index (χ2n) is 5.97. The Morgan fingerprint density at radius 2 is 2.12 bits per heavy atom. The predicted molar refractivity (Wildman–Crippen MR) is 88.0 cm³/mol. The maximum absolute atomic E-state index is 13.5. The van der Waals surface area contributed by atoms with E-state index in [0.717, 1.165) is 25.7 Å². The van der Waals surface area contributed by atoms with Crippen molar-refractivity contribution in [2.45, 2.75) is 19.1 Å². The quantitative estimate of drug-likeness (QED) is 0.870. The van der Waals surface area contributed by atoms with Gasteiger partial charge in [0.05, 0.1) is 17.9 Å². The van der Waals surface area contributed by atoms with Gasteiger partial charge in [-0.15, -0.1) is 0 Å². The summed E-state index contributed by atoms with van der Waals surface area (Å²) in [5, 5.41) is 12.7. The van der Waals surface area contributed by atoms with Crippen molar-refractivity contribution in [3.05, 3.63) is 65.2 Å². The zero-order chi connectivity index (χ0) is 16.9. The van der Waals surface area contributed by atoms with Crippen LogP contribution in [0.4, 0.5) is 4.39 Å². The van der Waals surface area contributed by atoms with Gasteiger partial charge in [-0.25, -0.2) is 4.39 Å². The van der Waals surface area contributed by atoms with Crippen LogP contribution in [0.15, 0.2) is 42.7 Å². The lowest BCUT2D eigenvalue weighted by molar-refractivity contribution is 0.0838. The summed E-state index contributed by atoms with van der Waals surface area (Å²) in [5.74, 6) is -1.21. The fraction of sp³-hybridized carbons (Fsp3) is 0.333. The Kier molecular flexibility index (Phi) is 5.17. The highest BCUT2D eigenvalue weighted by Crippen LogP contribution is 2.18. The standard InChI is InChI=1S/C18H20FN3O2/c19-17-10-20-7-5-16(17)18(24)21-9-15(23)12-22-8-6-13-3-1-2-4-14(13)11-22/h1-5,7,10,15,23H,6,8-9,11-12H2,(H,21,24)/t15-/m1/s1. The molecule has 2 N–H and O–H groups in total. The van der Waals surface area contributed by atoms with Crippen molar-refractivity contribution in [1.82, 2.24) is 15.2 Å². The van der Waals surface area contributed by atoms with Crippen molar-refractivity contribution in [3.63, 3.8) is 0 Å². The monoisotopic (exact) mass is 329 g/mol. The molecule has 0 saturated carbocycles. The van der Waals surface area contributed by atoms with E-state index < -0.39 is 17.8 Å². The molecule has 2 aromatic rings. The molecule has 0 unspecified atom stereocenters. The highest BCUT2D eigenvalue weighted by atomic mass is 19.1. The largest absolute Gasteiger partial charge is 0.390 e. The summed E-state index contributed by atoms with van der Waals surface area (Å²) in [5.41, 5.74) is 2.56. The van der Waals surface area contributed by atoms with Gasteiger partial charge in [0.1, 0.15) is 0 Å². The molecule has 1 aliphatic heterocycles. The van der Waals surface area contributed by atoms with Crippen molar-refractivity contribution < 1.29 is 14.3 Å². The van der Waals surface area contributed by atoms with Gasteiger partial charge in [-0.3, -0.25) is 14.7 Å². The highest BCUT2D eigenvalue weighted by molar-refractivity contribution is 5.94. The molecule has 0 spiro atoms. The molecule has 5 nitrogen and oxygen atoms in total. The number of carbonyl (C=O) groups is 1. The fourth-order valence-electron chi connectivity index (χ4n) is 2.94. The molecule has 2 heterocycles. The summed E-state index contributed by atoms with van der Waals surface area (Å²) >= 11 is 0. The molecule has 24 heavy (non-hydrogen) atoms. The number of halogens is 1. The van der Waals surface area contributed by atoms with Crippen LogP contribution in [0.5, 0.6) is 0 Å². The van der Waals surface area contributed by atoms with Crippen LogP contribution in [0.2, 0.25) is 0 Å². The normalized spacial score (nSPS) is 15.6. The topological polar surface area (TPSA) is 65.5 Å². The highest BCUT2D eigenvalue weighted by Gasteiger charge is 2.19. The van der Waals surface area contributed by atoms with Crippen LogP contribution < -0.4 is 5.32 Å². The molecular weight excluding hydrogens is 309 g/mol. The molecule has 126 valence electrons. The molecule has 6 heteroatoms. The van der Waals surface area contributed by atoms with E-state index in [-0.39, 0.29) is 12.1 Å². The maximum atomic E-state index is 13.5. The zero-order valence-corrected chi connectivity index (χ0v) is 13.3. The number of pyridine rings is 1. The van der Waals surface area contributed by atoms with Gasteiger partial charge in [0, 0.05) is 32.4 Å². The van der Waals surface area contributed by atoms with E-state index in [0.29, 0.717) is 6.54 Å². The van der Waals surface area contributed by atoms with E-state index in [4.69, 9.17) is 0 Å². The lowest BCUT2D eigenvalue weighted by Crippen LogP contribution is -2.42. The van der Waals surface area contributed by atoms with Crippen LogP contribution in [-0.2, 0) is 13.0 Å². The van der Waals surface area contributed by atoms with Gasteiger partial charge in [-0.1, -0.05) is 24.3 Å². The SMILES string of the molecule is O=C(NC[C@@H](O)CN1CCc2ccccc2C1)c1ccncc1F. The Bertz CT molecular complexity index is 723. The van der Waals surface area contributed by atoms with Crippen LogP contribution in [0, 0.1) is 5.82 Å². The number of hydrogen-bond acceptors (Lipinski definition) is 4. The molecule has 0 fully saturated rings. The summed E-state index contributed by atoms with van der Waals surface area (Å²) in [6, 6.07) is 9.60. The molecule has 0 radical (unpaired) electrons. The van der Waals surface area contributed by atoms with Gasteiger partial charge in [0.15, 0.2) is 5.82 Å². The minimum Gasteiger partial charge on any atom is -0.390 e. The third-order valence-electron chi connectivity index (χ3n) is 4.19. The summed E-state index contributed by atoms with van der Waals surface area (Å²) in [7, 11) is 0. The van der Waals surface area contributed by atoms with Gasteiger partial charge in [0.25, 0.3) is 5.91 Å². The fourth-order valence-corrected chi connectivity index (χ4v) is 2.94. The van der Waals surface area contributed by atoms with Gasteiger partial charge < -0.3 is 10.4 Å². The number of carbonyl (C=O) groups excluding carboxylic acids is 1. The van der Waals surface area contributed by atoms with Crippen molar-refractivity contribution >= 4 is 5.91 Å². The lowest BCUT2D eigenvalue weighted by Gasteiger charge is -2.30. The molecule has 1 aliphatic rings. The second kappa shape index (κ2) is 7.51. The molecule has 0 aliphatic carbocycles. The first-order valence-corrected chi connectivity index (χ1v) is 7.98. The second-order valence-corrected chi connectivity index (χ2v) is 5.97. The van der Waals surface area contributed by atoms with Gasteiger partial charge in [0.2, 0.25) is 0 Å². The zero-order valence-electron chi connectivity index (χ0n) is 13.3. The van der Waals surface area contributed by atoms with Crippen LogP contribution in [-0.4, -0.2) is 46.6 Å². The van der Waals surface area contributed by atoms with Gasteiger partial charge >= 0.3 is 0 Å². The van der Waals surface area contributed by atoms with E-state index in [1.54, 1.807) is 0 Å². The number of β-amino-alcohol motifs (C(OH)–C–C–N with tert-alkyl or cyclic N) is 1. The van der Waals surface area contributed by atoms with Gasteiger partial charge in [-0.05, 0) is 23.6 Å². The number of hydrogen-bond donors (Lipinski definition) is 2. The van der Waals surface area contributed by atoms with Crippen LogP contribution >= 0.6 is 0 Å². The first kappa shape index (κ1) is 16.5. The summed E-state index contributed by atoms with van der Waals surface area (Å²) in [6.07, 6.45) is 2.61. The number of rotatable bonds is 5. The number of benzene rings is 1. The first-order chi connectivity index (χ1) is 11.6. The van der Waals surface area contributed by atoms with E-state index in [2.05, 4.69) is 27.3 Å². The minimum atomic E-state index is -0.705. The Morgan fingerprint density at radius 1 is 1.33 bits per heavy atom. The molecule has 1 aromatic heterocycles. The van der Waals surface area contributed by atoms with Crippen molar-refractivity contribution in [1.29, 1.82) is 0 Å². The molecule has 1 amide bonds. The first-order valence-electron chi connectivity index (χ1n) is 7.98. The number of nitrogens with zero attached hydrogens (tertiary/aromatic N) is 2. The number of nitrogens with one attached hydrogen (secondary N) is 1. The Balaban J connectivity index is 1.49. The molecule has 0 saturated heterocycles. The maximum Gasteiger partial charge on any atom is 0.254 e. The summed E-state index contributed by atoms with van der Waals surface area (Å²) < 4.78 is 13.5. The minimum absolute atomic E-state index is 0.0656. The van der Waals surface area contributed by atoms with Crippen LogP contribution in [0.1, 0.15) is 21.5 Å². The van der Waals surface area contributed by atoms with Gasteiger partial charge in [-0.2, -0.15) is 0 Å². The number of aromatic nitrogens is 1. The van der Waals surface area contributed by atoms with Crippen molar-refractivity contribution in [3.8, 4) is 0 Å². The molecule has 1 aromatic carbocycles. The van der Waals surface area contributed by atoms with Crippen LogP contribution in [0.25, 0.3) is 0 Å². The Morgan fingerprint density at radius 3 is 2.92 bits per heavy atom. The smallest absolute Gasteiger partial charge is 0.254 e. The van der Waals surface area contributed by atoms with Crippen molar-refractivity contribution in [2.24, 2.45) is 0 Å². The molecule has 1 atom stereocenters. The number of amides is 1.